The van der Waals surface area contributed by atoms with E-state index in [4.69, 9.17) is 0 Å². The van der Waals surface area contributed by atoms with Gasteiger partial charge in [-0.1, -0.05) is 0 Å². The van der Waals surface area contributed by atoms with E-state index in [1.165, 1.54) is 0 Å². The van der Waals surface area contributed by atoms with E-state index in [1.54, 1.807) is 0 Å². The van der Waals surface area contributed by atoms with Gasteiger partial charge < -0.3 is 5.32 Å². The lowest BCUT2D eigenvalue weighted by atomic mass is 10.1. The van der Waals surface area contributed by atoms with Crippen molar-refractivity contribution >= 4 is 0 Å². The maximum atomic E-state index is 11.4. The molecule has 1 nitrogen and oxygen atoms in total. The van der Waals surface area contributed by atoms with E-state index in [-0.39, 0.29) is 12.7 Å². The summed E-state index contributed by atoms with van der Waals surface area (Å²) in [6, 6.07) is 0.199. The van der Waals surface area contributed by atoms with Crippen LogP contribution in [0.4, 0.5) is 4.39 Å². The average molecular weight is 89.1 g/mol. The largest absolute Gasteiger partial charge is 0.311 e. The average Bonchev–Trinajstić information content (AvgIpc) is 1.31. The van der Waals surface area contributed by atoms with Gasteiger partial charge in [-0.3, -0.25) is 0 Å². The number of hydrogen-bond acceptors (Lipinski definition) is 1. The Balaban J connectivity index is 2.01. The number of hydrogen-bond donors (Lipinski definition) is 1. The molecule has 1 fully saturated rings. The summed E-state index contributed by atoms with van der Waals surface area (Å²) >= 11 is 0. The summed E-state index contributed by atoms with van der Waals surface area (Å²) < 4.78 is 11.4. The molecule has 36 valence electrons. The fourth-order valence-corrected chi connectivity index (χ4v) is 0.480. The van der Waals surface area contributed by atoms with Gasteiger partial charge in [-0.15, -0.1) is 0 Å². The van der Waals surface area contributed by atoms with E-state index < -0.39 is 0 Å². The number of rotatable bonds is 1. The zero-order chi connectivity index (χ0) is 4.41. The first kappa shape index (κ1) is 4.06. The molecule has 1 N–H and O–H groups in total. The van der Waals surface area contributed by atoms with Crippen LogP contribution in [0.2, 0.25) is 0 Å². The Kier molecular flexibility index (Phi) is 1.05. The first-order valence-electron chi connectivity index (χ1n) is 2.23. The van der Waals surface area contributed by atoms with Crippen molar-refractivity contribution in [3.8, 4) is 0 Å². The van der Waals surface area contributed by atoms with Crippen LogP contribution in [0, 0.1) is 0 Å². The summed E-state index contributed by atoms with van der Waals surface area (Å²) in [5.74, 6) is 0. The maximum absolute atomic E-state index is 11.4. The minimum atomic E-state index is -0.194. The molecule has 6 heavy (non-hydrogen) atoms. The van der Waals surface area contributed by atoms with Gasteiger partial charge in [-0.2, -0.15) is 0 Å². The van der Waals surface area contributed by atoms with Gasteiger partial charge in [-0.05, 0) is 13.0 Å². The van der Waals surface area contributed by atoms with E-state index in [1.807, 2.05) is 0 Å². The Morgan fingerprint density at radius 2 is 2.50 bits per heavy atom. The third kappa shape index (κ3) is 0.522. The molecule has 0 aromatic carbocycles. The molecule has 1 heterocycles. The van der Waals surface area contributed by atoms with Crippen molar-refractivity contribution in [1.82, 2.24) is 5.32 Å². The molecular weight excluding hydrogens is 81.0 g/mol. The standard InChI is InChI=1S/C4H8FN/c5-3-4-1-2-6-4/h4,6H,1-3H2/t4-/m1/s1. The Morgan fingerprint density at radius 3 is 2.50 bits per heavy atom. The molecule has 2 heteroatoms. The molecular formula is C4H8FN. The zero-order valence-corrected chi connectivity index (χ0v) is 3.58. The fourth-order valence-electron chi connectivity index (χ4n) is 0.480. The van der Waals surface area contributed by atoms with E-state index in [0.717, 1.165) is 13.0 Å². The van der Waals surface area contributed by atoms with Crippen LogP contribution in [0.3, 0.4) is 0 Å². The molecule has 0 aliphatic carbocycles. The maximum Gasteiger partial charge on any atom is 0.105 e. The van der Waals surface area contributed by atoms with Gasteiger partial charge in [-0.25, -0.2) is 4.39 Å². The van der Waals surface area contributed by atoms with Crippen molar-refractivity contribution in [3.05, 3.63) is 0 Å². The van der Waals surface area contributed by atoms with E-state index in [9.17, 15) is 4.39 Å². The van der Waals surface area contributed by atoms with Gasteiger partial charge in [0.25, 0.3) is 0 Å². The molecule has 1 atom stereocenters. The molecule has 0 spiro atoms. The van der Waals surface area contributed by atoms with Gasteiger partial charge in [0, 0.05) is 6.04 Å². The minimum Gasteiger partial charge on any atom is -0.311 e. The normalized spacial score (nSPS) is 32.5. The van der Waals surface area contributed by atoms with Crippen LogP contribution >= 0.6 is 0 Å². The molecule has 0 amide bonds. The molecule has 0 saturated carbocycles. The van der Waals surface area contributed by atoms with Crippen molar-refractivity contribution in [2.45, 2.75) is 12.5 Å². The monoisotopic (exact) mass is 89.1 g/mol. The predicted molar refractivity (Wildman–Crippen MR) is 22.4 cm³/mol. The van der Waals surface area contributed by atoms with E-state index in [0.29, 0.717) is 0 Å². The van der Waals surface area contributed by atoms with Crippen LogP contribution in [0.15, 0.2) is 0 Å². The second kappa shape index (κ2) is 1.56. The van der Waals surface area contributed by atoms with E-state index in [2.05, 4.69) is 5.32 Å². The molecule has 0 unspecified atom stereocenters. The molecule has 1 aliphatic rings. The topological polar surface area (TPSA) is 12.0 Å². The van der Waals surface area contributed by atoms with Crippen molar-refractivity contribution in [1.29, 1.82) is 0 Å². The quantitative estimate of drug-likeness (QED) is 0.487. The van der Waals surface area contributed by atoms with Crippen molar-refractivity contribution in [2.75, 3.05) is 13.2 Å². The molecule has 0 bridgehead atoms. The third-order valence-electron chi connectivity index (χ3n) is 1.11. The van der Waals surface area contributed by atoms with Crippen LogP contribution < -0.4 is 5.32 Å². The summed E-state index contributed by atoms with van der Waals surface area (Å²) in [5.41, 5.74) is 0. The highest BCUT2D eigenvalue weighted by Crippen LogP contribution is 2.00. The second-order valence-corrected chi connectivity index (χ2v) is 1.59. The predicted octanol–water partition coefficient (Wildman–Crippen LogP) is 0.318. The van der Waals surface area contributed by atoms with Crippen molar-refractivity contribution in [2.24, 2.45) is 0 Å². The first-order valence-corrected chi connectivity index (χ1v) is 2.23. The van der Waals surface area contributed by atoms with Crippen LogP contribution in [0.1, 0.15) is 6.42 Å². The van der Waals surface area contributed by atoms with Crippen LogP contribution in [0.25, 0.3) is 0 Å². The fraction of sp³-hybridized carbons (Fsp3) is 1.00. The van der Waals surface area contributed by atoms with Gasteiger partial charge in [0.1, 0.15) is 6.67 Å². The highest BCUT2D eigenvalue weighted by molar-refractivity contribution is 4.75. The summed E-state index contributed by atoms with van der Waals surface area (Å²) in [7, 11) is 0. The van der Waals surface area contributed by atoms with E-state index >= 15 is 0 Å². The van der Waals surface area contributed by atoms with Gasteiger partial charge in [0.05, 0.1) is 0 Å². The second-order valence-electron chi connectivity index (χ2n) is 1.59. The van der Waals surface area contributed by atoms with Gasteiger partial charge in [0.15, 0.2) is 0 Å². The Labute approximate surface area is 36.5 Å². The Morgan fingerprint density at radius 1 is 1.83 bits per heavy atom. The summed E-state index contributed by atoms with van der Waals surface area (Å²) in [5, 5.41) is 2.92. The zero-order valence-electron chi connectivity index (χ0n) is 3.58. The summed E-state index contributed by atoms with van der Waals surface area (Å²) in [6.07, 6.45) is 1.02. The summed E-state index contributed by atoms with van der Waals surface area (Å²) in [6.45, 7) is 0.814. The van der Waals surface area contributed by atoms with Gasteiger partial charge in [0.2, 0.25) is 0 Å². The number of halogens is 1. The lowest BCUT2D eigenvalue weighted by Crippen LogP contribution is -2.44. The molecule has 1 aliphatic heterocycles. The van der Waals surface area contributed by atoms with Crippen LogP contribution in [-0.2, 0) is 0 Å². The van der Waals surface area contributed by atoms with Crippen molar-refractivity contribution in [3.63, 3.8) is 0 Å². The lowest BCUT2D eigenvalue weighted by molar-refractivity contribution is 0.291. The molecule has 1 rings (SSSR count). The molecule has 0 radical (unpaired) electrons. The molecule has 0 aromatic heterocycles. The lowest BCUT2D eigenvalue weighted by Gasteiger charge is -2.23. The van der Waals surface area contributed by atoms with Crippen LogP contribution in [-0.4, -0.2) is 19.3 Å². The van der Waals surface area contributed by atoms with Crippen LogP contribution in [0.5, 0.6) is 0 Å². The smallest absolute Gasteiger partial charge is 0.105 e. The molecule has 0 aromatic rings. The Hall–Kier alpha value is -0.110. The highest BCUT2D eigenvalue weighted by atomic mass is 19.1. The highest BCUT2D eigenvalue weighted by Gasteiger charge is 2.14. The number of alkyl halides is 1. The third-order valence-corrected chi connectivity index (χ3v) is 1.11. The molecule has 1 saturated heterocycles. The number of nitrogens with one attached hydrogen (secondary N) is 1. The minimum absolute atomic E-state index is 0.194. The Bertz CT molecular complexity index is 40.1. The summed E-state index contributed by atoms with van der Waals surface area (Å²) in [4.78, 5) is 0. The first-order chi connectivity index (χ1) is 2.93. The van der Waals surface area contributed by atoms with Gasteiger partial charge >= 0.3 is 0 Å². The van der Waals surface area contributed by atoms with Crippen molar-refractivity contribution < 1.29 is 4.39 Å². The SMILES string of the molecule is FC[C@H]1CCN1.